The van der Waals surface area contributed by atoms with Crippen molar-refractivity contribution in [2.75, 3.05) is 6.54 Å². The summed E-state index contributed by atoms with van der Waals surface area (Å²) in [5, 5.41) is 2.94. The van der Waals surface area contributed by atoms with Crippen LogP contribution in [0.5, 0.6) is 0 Å². The van der Waals surface area contributed by atoms with Crippen LogP contribution in [0, 0.1) is 5.41 Å². The summed E-state index contributed by atoms with van der Waals surface area (Å²) in [6, 6.07) is 8.47. The third kappa shape index (κ3) is 1.49. The molecule has 15 heavy (non-hydrogen) atoms. The zero-order valence-corrected chi connectivity index (χ0v) is 9.88. The van der Waals surface area contributed by atoms with Gasteiger partial charge in [-0.2, -0.15) is 0 Å². The number of hydrogen-bond donors (Lipinski definition) is 1. The van der Waals surface area contributed by atoms with Crippen LogP contribution in [0.25, 0.3) is 0 Å². The Hall–Kier alpha value is -0.830. The standard InChI is InChI=1S/C12H12BrNO/c13-9-3-1-8(2-4-9)10-5-12(10)6-11(15)14-7-12/h1-4,10H,5-7H2,(H,14,15). The monoisotopic (exact) mass is 265 g/mol. The van der Waals surface area contributed by atoms with E-state index in [1.807, 2.05) is 0 Å². The highest BCUT2D eigenvalue weighted by Gasteiger charge is 2.58. The first-order chi connectivity index (χ1) is 7.20. The molecule has 1 saturated carbocycles. The van der Waals surface area contributed by atoms with Crippen LogP contribution in [0.2, 0.25) is 0 Å². The van der Waals surface area contributed by atoms with Gasteiger partial charge in [-0.25, -0.2) is 0 Å². The van der Waals surface area contributed by atoms with E-state index in [4.69, 9.17) is 0 Å². The lowest BCUT2D eigenvalue weighted by Gasteiger charge is -2.06. The van der Waals surface area contributed by atoms with Crippen LogP contribution in [0.4, 0.5) is 0 Å². The first-order valence-corrected chi connectivity index (χ1v) is 6.01. The van der Waals surface area contributed by atoms with Gasteiger partial charge in [-0.3, -0.25) is 4.79 Å². The summed E-state index contributed by atoms with van der Waals surface area (Å²) in [4.78, 5) is 11.2. The number of hydrogen-bond acceptors (Lipinski definition) is 1. The van der Waals surface area contributed by atoms with E-state index in [0.717, 1.165) is 17.4 Å². The summed E-state index contributed by atoms with van der Waals surface area (Å²) in [5.41, 5.74) is 1.62. The Kier molecular flexibility index (Phi) is 1.93. The van der Waals surface area contributed by atoms with Crippen molar-refractivity contribution in [3.63, 3.8) is 0 Å². The Bertz CT molecular complexity index is 414. The van der Waals surface area contributed by atoms with E-state index in [1.54, 1.807) is 0 Å². The van der Waals surface area contributed by atoms with Crippen LogP contribution in [0.3, 0.4) is 0 Å². The Morgan fingerprint density at radius 1 is 1.33 bits per heavy atom. The van der Waals surface area contributed by atoms with Crippen LogP contribution in [0.15, 0.2) is 28.7 Å². The molecule has 3 rings (SSSR count). The van der Waals surface area contributed by atoms with Crippen LogP contribution < -0.4 is 5.32 Å². The minimum absolute atomic E-state index is 0.217. The number of halogens is 1. The Morgan fingerprint density at radius 3 is 2.67 bits per heavy atom. The maximum atomic E-state index is 11.2. The Labute approximate surface area is 97.2 Å². The Morgan fingerprint density at radius 2 is 2.07 bits per heavy atom. The molecule has 1 aromatic carbocycles. The summed E-state index contributed by atoms with van der Waals surface area (Å²) in [7, 11) is 0. The molecule has 0 aromatic heterocycles. The van der Waals surface area contributed by atoms with Gasteiger partial charge in [-0.1, -0.05) is 28.1 Å². The second-order valence-electron chi connectivity index (χ2n) is 4.62. The normalized spacial score (nSPS) is 33.1. The summed E-state index contributed by atoms with van der Waals surface area (Å²) in [5.74, 6) is 0.805. The van der Waals surface area contributed by atoms with E-state index in [2.05, 4.69) is 45.5 Å². The van der Waals surface area contributed by atoms with E-state index in [1.165, 1.54) is 5.56 Å². The van der Waals surface area contributed by atoms with Gasteiger partial charge in [-0.15, -0.1) is 0 Å². The zero-order chi connectivity index (χ0) is 10.5. The van der Waals surface area contributed by atoms with Crippen molar-refractivity contribution in [3.8, 4) is 0 Å². The topological polar surface area (TPSA) is 29.1 Å². The van der Waals surface area contributed by atoms with Crippen LogP contribution in [-0.2, 0) is 4.79 Å². The molecule has 2 nitrogen and oxygen atoms in total. The lowest BCUT2D eigenvalue weighted by molar-refractivity contribution is -0.119. The molecule has 0 bridgehead atoms. The zero-order valence-electron chi connectivity index (χ0n) is 8.29. The fraction of sp³-hybridized carbons (Fsp3) is 0.417. The van der Waals surface area contributed by atoms with E-state index in [9.17, 15) is 4.79 Å². The first-order valence-electron chi connectivity index (χ1n) is 5.22. The van der Waals surface area contributed by atoms with Crippen molar-refractivity contribution in [2.24, 2.45) is 5.41 Å². The predicted molar refractivity (Wildman–Crippen MR) is 61.6 cm³/mol. The van der Waals surface area contributed by atoms with E-state index in [0.29, 0.717) is 12.3 Å². The number of amides is 1. The van der Waals surface area contributed by atoms with Gasteiger partial charge >= 0.3 is 0 Å². The van der Waals surface area contributed by atoms with Crippen LogP contribution >= 0.6 is 15.9 Å². The molecule has 3 heteroatoms. The summed E-state index contributed by atoms with van der Waals surface area (Å²) in [6.45, 7) is 0.868. The van der Waals surface area contributed by atoms with Gasteiger partial charge in [0.15, 0.2) is 0 Å². The fourth-order valence-corrected chi connectivity index (χ4v) is 2.89. The number of benzene rings is 1. The average Bonchev–Trinajstić information content (AvgIpc) is 2.78. The van der Waals surface area contributed by atoms with Crippen LogP contribution in [-0.4, -0.2) is 12.5 Å². The van der Waals surface area contributed by atoms with Crippen molar-refractivity contribution in [1.82, 2.24) is 5.32 Å². The molecule has 2 fully saturated rings. The molecule has 78 valence electrons. The highest BCUT2D eigenvalue weighted by Crippen LogP contribution is 2.62. The van der Waals surface area contributed by atoms with Gasteiger partial charge in [0, 0.05) is 22.9 Å². The number of rotatable bonds is 1. The highest BCUT2D eigenvalue weighted by atomic mass is 79.9. The molecule has 2 unspecified atom stereocenters. The van der Waals surface area contributed by atoms with E-state index < -0.39 is 0 Å². The largest absolute Gasteiger partial charge is 0.355 e. The van der Waals surface area contributed by atoms with Gasteiger partial charge < -0.3 is 5.32 Å². The Balaban J connectivity index is 1.82. The molecule has 1 amide bonds. The van der Waals surface area contributed by atoms with Gasteiger partial charge in [-0.05, 0) is 30.0 Å². The first kappa shape index (κ1) is 9.40. The SMILES string of the molecule is O=C1CC2(CN1)CC2c1ccc(Br)cc1. The van der Waals surface area contributed by atoms with Crippen molar-refractivity contribution >= 4 is 21.8 Å². The second-order valence-corrected chi connectivity index (χ2v) is 5.54. The van der Waals surface area contributed by atoms with Crippen molar-refractivity contribution in [1.29, 1.82) is 0 Å². The number of nitrogens with one attached hydrogen (secondary N) is 1. The average molecular weight is 266 g/mol. The number of carbonyl (C=O) groups is 1. The van der Waals surface area contributed by atoms with Gasteiger partial charge in [0.1, 0.15) is 0 Å². The molecular weight excluding hydrogens is 254 g/mol. The lowest BCUT2D eigenvalue weighted by atomic mass is 9.98. The van der Waals surface area contributed by atoms with Crippen molar-refractivity contribution in [3.05, 3.63) is 34.3 Å². The summed E-state index contributed by atoms with van der Waals surface area (Å²) >= 11 is 3.43. The maximum Gasteiger partial charge on any atom is 0.220 e. The molecule has 1 heterocycles. The fourth-order valence-electron chi connectivity index (χ4n) is 2.62. The number of carbonyl (C=O) groups excluding carboxylic acids is 1. The minimum Gasteiger partial charge on any atom is -0.355 e. The van der Waals surface area contributed by atoms with Crippen molar-refractivity contribution in [2.45, 2.75) is 18.8 Å². The quantitative estimate of drug-likeness (QED) is 0.831. The molecule has 1 saturated heterocycles. The molecule has 0 radical (unpaired) electrons. The molecule has 1 aliphatic carbocycles. The molecule has 2 atom stereocenters. The third-order valence-electron chi connectivity index (χ3n) is 3.61. The molecular formula is C12H12BrNO. The molecule has 1 aliphatic heterocycles. The second kappa shape index (κ2) is 3.08. The van der Waals surface area contributed by atoms with E-state index in [-0.39, 0.29) is 11.3 Å². The molecule has 1 spiro atoms. The summed E-state index contributed by atoms with van der Waals surface area (Å²) in [6.07, 6.45) is 1.88. The lowest BCUT2D eigenvalue weighted by Crippen LogP contribution is -2.14. The molecule has 1 aromatic rings. The molecule has 2 aliphatic rings. The van der Waals surface area contributed by atoms with Crippen LogP contribution in [0.1, 0.15) is 24.3 Å². The maximum absolute atomic E-state index is 11.2. The highest BCUT2D eigenvalue weighted by molar-refractivity contribution is 9.10. The van der Waals surface area contributed by atoms with E-state index >= 15 is 0 Å². The van der Waals surface area contributed by atoms with Gasteiger partial charge in [0.2, 0.25) is 5.91 Å². The summed E-state index contributed by atoms with van der Waals surface area (Å²) < 4.78 is 1.11. The molecule has 1 N–H and O–H groups in total. The third-order valence-corrected chi connectivity index (χ3v) is 4.14. The van der Waals surface area contributed by atoms with Crippen molar-refractivity contribution < 1.29 is 4.79 Å². The predicted octanol–water partition coefficient (Wildman–Crippen LogP) is 2.44. The van der Waals surface area contributed by atoms with Gasteiger partial charge in [0.25, 0.3) is 0 Å². The smallest absolute Gasteiger partial charge is 0.220 e. The minimum atomic E-state index is 0.217. The van der Waals surface area contributed by atoms with Gasteiger partial charge in [0.05, 0.1) is 0 Å².